The van der Waals surface area contributed by atoms with Crippen LogP contribution in [-0.4, -0.2) is 6.04 Å². The molecule has 0 amide bonds. The number of hydrogen-bond acceptors (Lipinski definition) is 1. The largest absolute Gasteiger partial charge is 0.324 e. The predicted octanol–water partition coefficient (Wildman–Crippen LogP) is 3.50. The van der Waals surface area contributed by atoms with Crippen LogP contribution in [0.5, 0.6) is 0 Å². The average molecular weight is 219 g/mol. The van der Waals surface area contributed by atoms with Crippen molar-refractivity contribution in [3.63, 3.8) is 0 Å². The van der Waals surface area contributed by atoms with Crippen molar-refractivity contribution < 1.29 is 0 Å². The number of nitrogens with two attached hydrogens (primary N) is 1. The van der Waals surface area contributed by atoms with Gasteiger partial charge in [-0.3, -0.25) is 0 Å². The first kappa shape index (κ1) is 10.8. The Labute approximate surface area is 99.5 Å². The molecule has 0 saturated heterocycles. The van der Waals surface area contributed by atoms with E-state index in [1.807, 2.05) is 0 Å². The van der Waals surface area contributed by atoms with Crippen LogP contribution in [0.25, 0.3) is 0 Å². The van der Waals surface area contributed by atoms with E-state index < -0.39 is 0 Å². The van der Waals surface area contributed by atoms with E-state index in [-0.39, 0.29) is 6.04 Å². The standard InChI is InChI=1S/C15H25N/c1-10(2)13(16)15-7-11-4-12(8-15)6-14(3,5-11)9-15/h11-13H,1,4-9,16H2,2-3H3. The molecule has 2 N–H and O–H groups in total. The van der Waals surface area contributed by atoms with Crippen LogP contribution in [0.15, 0.2) is 12.2 Å². The third kappa shape index (κ3) is 1.40. The minimum Gasteiger partial charge on any atom is -0.324 e. The Morgan fingerprint density at radius 3 is 2.25 bits per heavy atom. The molecule has 4 rings (SSSR count). The Balaban J connectivity index is 1.94. The average Bonchev–Trinajstić information content (AvgIpc) is 2.12. The molecule has 16 heavy (non-hydrogen) atoms. The zero-order valence-electron chi connectivity index (χ0n) is 10.8. The summed E-state index contributed by atoms with van der Waals surface area (Å²) in [5.41, 5.74) is 8.70. The maximum Gasteiger partial charge on any atom is 0.0306 e. The van der Waals surface area contributed by atoms with Gasteiger partial charge in [0.2, 0.25) is 0 Å². The van der Waals surface area contributed by atoms with Gasteiger partial charge in [-0.25, -0.2) is 0 Å². The van der Waals surface area contributed by atoms with Gasteiger partial charge in [-0.05, 0) is 68.1 Å². The highest BCUT2D eigenvalue weighted by molar-refractivity contribution is 5.16. The van der Waals surface area contributed by atoms with Crippen LogP contribution in [-0.2, 0) is 0 Å². The molecule has 3 unspecified atom stereocenters. The fourth-order valence-corrected chi connectivity index (χ4v) is 5.68. The van der Waals surface area contributed by atoms with Crippen molar-refractivity contribution >= 4 is 0 Å². The number of rotatable bonds is 2. The molecule has 0 spiro atoms. The van der Waals surface area contributed by atoms with Crippen LogP contribution in [0, 0.1) is 22.7 Å². The first-order valence-corrected chi connectivity index (χ1v) is 6.84. The van der Waals surface area contributed by atoms with E-state index in [0.717, 1.165) is 11.8 Å². The topological polar surface area (TPSA) is 26.0 Å². The van der Waals surface area contributed by atoms with Crippen molar-refractivity contribution in [2.24, 2.45) is 28.4 Å². The van der Waals surface area contributed by atoms with E-state index in [0.29, 0.717) is 10.8 Å². The van der Waals surface area contributed by atoms with Gasteiger partial charge < -0.3 is 5.73 Å². The molecule has 0 heterocycles. The van der Waals surface area contributed by atoms with Crippen LogP contribution in [0.2, 0.25) is 0 Å². The van der Waals surface area contributed by atoms with Crippen molar-refractivity contribution in [2.45, 2.75) is 58.4 Å². The molecule has 0 aliphatic heterocycles. The fourth-order valence-electron chi connectivity index (χ4n) is 5.68. The van der Waals surface area contributed by atoms with Crippen LogP contribution in [0.3, 0.4) is 0 Å². The lowest BCUT2D eigenvalue weighted by molar-refractivity contribution is -0.108. The first-order chi connectivity index (χ1) is 7.42. The van der Waals surface area contributed by atoms with Gasteiger partial charge in [-0.1, -0.05) is 19.1 Å². The second kappa shape index (κ2) is 3.13. The van der Waals surface area contributed by atoms with Crippen molar-refractivity contribution in [1.82, 2.24) is 0 Å². The predicted molar refractivity (Wildman–Crippen MR) is 68.0 cm³/mol. The maximum atomic E-state index is 6.47. The van der Waals surface area contributed by atoms with Gasteiger partial charge in [0, 0.05) is 6.04 Å². The third-order valence-electron chi connectivity index (χ3n) is 5.59. The smallest absolute Gasteiger partial charge is 0.0306 e. The highest BCUT2D eigenvalue weighted by Crippen LogP contribution is 2.66. The normalized spacial score (nSPS) is 51.7. The van der Waals surface area contributed by atoms with Gasteiger partial charge in [0.1, 0.15) is 0 Å². The Hall–Kier alpha value is -0.300. The SMILES string of the molecule is C=C(C)C(N)C12CC3CC(CC(C)(C3)C1)C2. The Bertz CT molecular complexity index is 316. The van der Waals surface area contributed by atoms with E-state index in [4.69, 9.17) is 5.73 Å². The summed E-state index contributed by atoms with van der Waals surface area (Å²) in [6.45, 7) is 8.73. The molecule has 4 fully saturated rings. The lowest BCUT2D eigenvalue weighted by atomic mass is 9.43. The van der Waals surface area contributed by atoms with Crippen LogP contribution >= 0.6 is 0 Å². The van der Waals surface area contributed by atoms with Crippen LogP contribution in [0.1, 0.15) is 52.4 Å². The monoisotopic (exact) mass is 219 g/mol. The molecule has 0 aromatic rings. The minimum atomic E-state index is 0.248. The molecule has 0 aromatic carbocycles. The quantitative estimate of drug-likeness (QED) is 0.707. The summed E-state index contributed by atoms with van der Waals surface area (Å²) in [5.74, 6) is 1.94. The summed E-state index contributed by atoms with van der Waals surface area (Å²) < 4.78 is 0. The lowest BCUT2D eigenvalue weighted by Crippen LogP contribution is -2.57. The zero-order valence-corrected chi connectivity index (χ0v) is 10.8. The van der Waals surface area contributed by atoms with E-state index in [2.05, 4.69) is 20.4 Å². The second-order valence-corrected chi connectivity index (χ2v) is 7.46. The van der Waals surface area contributed by atoms with Crippen LogP contribution < -0.4 is 5.73 Å². The van der Waals surface area contributed by atoms with E-state index in [1.54, 1.807) is 0 Å². The molecule has 4 bridgehead atoms. The minimum absolute atomic E-state index is 0.248. The van der Waals surface area contributed by atoms with Crippen molar-refractivity contribution in [3.05, 3.63) is 12.2 Å². The van der Waals surface area contributed by atoms with E-state index >= 15 is 0 Å². The second-order valence-electron chi connectivity index (χ2n) is 7.46. The molecule has 1 heteroatoms. The highest BCUT2D eigenvalue weighted by atomic mass is 14.7. The van der Waals surface area contributed by atoms with Gasteiger partial charge in [-0.15, -0.1) is 0 Å². The summed E-state index contributed by atoms with van der Waals surface area (Å²) in [7, 11) is 0. The Morgan fingerprint density at radius 1 is 1.25 bits per heavy atom. The van der Waals surface area contributed by atoms with Crippen molar-refractivity contribution in [3.8, 4) is 0 Å². The summed E-state index contributed by atoms with van der Waals surface area (Å²) in [4.78, 5) is 0. The lowest BCUT2D eigenvalue weighted by Gasteiger charge is -2.63. The molecule has 4 aliphatic carbocycles. The molecule has 90 valence electrons. The highest BCUT2D eigenvalue weighted by Gasteiger charge is 2.57. The Morgan fingerprint density at radius 2 is 1.81 bits per heavy atom. The van der Waals surface area contributed by atoms with Gasteiger partial charge in [0.25, 0.3) is 0 Å². The van der Waals surface area contributed by atoms with Crippen molar-refractivity contribution in [2.75, 3.05) is 0 Å². The molecule has 3 atom stereocenters. The molecule has 0 aromatic heterocycles. The zero-order chi connectivity index (χ0) is 11.6. The summed E-state index contributed by atoms with van der Waals surface area (Å²) in [6, 6.07) is 0.248. The third-order valence-corrected chi connectivity index (χ3v) is 5.59. The fraction of sp³-hybridized carbons (Fsp3) is 0.867. The van der Waals surface area contributed by atoms with Crippen LogP contribution in [0.4, 0.5) is 0 Å². The Kier molecular flexibility index (Phi) is 2.12. The van der Waals surface area contributed by atoms with Gasteiger partial charge in [-0.2, -0.15) is 0 Å². The maximum absolute atomic E-state index is 6.47. The van der Waals surface area contributed by atoms with Gasteiger partial charge >= 0.3 is 0 Å². The summed E-state index contributed by atoms with van der Waals surface area (Å²) >= 11 is 0. The van der Waals surface area contributed by atoms with E-state index in [9.17, 15) is 0 Å². The molecule has 1 nitrogen and oxygen atoms in total. The molecular formula is C15H25N. The van der Waals surface area contributed by atoms with Crippen molar-refractivity contribution in [1.29, 1.82) is 0 Å². The number of hydrogen-bond donors (Lipinski definition) is 1. The molecular weight excluding hydrogens is 194 g/mol. The first-order valence-electron chi connectivity index (χ1n) is 6.84. The van der Waals surface area contributed by atoms with Gasteiger partial charge in [0.05, 0.1) is 0 Å². The van der Waals surface area contributed by atoms with E-state index in [1.165, 1.54) is 44.1 Å². The molecule has 4 aliphatic rings. The summed E-state index contributed by atoms with van der Waals surface area (Å²) in [6.07, 6.45) is 8.55. The van der Waals surface area contributed by atoms with Gasteiger partial charge in [0.15, 0.2) is 0 Å². The summed E-state index contributed by atoms with van der Waals surface area (Å²) in [5, 5.41) is 0. The molecule has 4 saturated carbocycles. The molecule has 0 radical (unpaired) electrons.